The summed E-state index contributed by atoms with van der Waals surface area (Å²) in [7, 11) is 0. The number of carbonyl (C=O) groups is 2. The quantitative estimate of drug-likeness (QED) is 0.694. The van der Waals surface area contributed by atoms with Crippen molar-refractivity contribution in [3.8, 4) is 5.75 Å². The maximum atomic E-state index is 12.8. The van der Waals surface area contributed by atoms with E-state index in [-0.39, 0.29) is 12.5 Å². The van der Waals surface area contributed by atoms with Crippen LogP contribution in [0.4, 0.5) is 4.79 Å². The predicted molar refractivity (Wildman–Crippen MR) is 111 cm³/mol. The van der Waals surface area contributed by atoms with Gasteiger partial charge in [0, 0.05) is 24.7 Å². The summed E-state index contributed by atoms with van der Waals surface area (Å²) >= 11 is 0. The third-order valence-electron chi connectivity index (χ3n) is 4.45. The van der Waals surface area contributed by atoms with Gasteiger partial charge in [-0.2, -0.15) is 0 Å². The molecule has 0 aliphatic heterocycles. The molecule has 0 radical (unpaired) electrons. The highest BCUT2D eigenvalue weighted by Gasteiger charge is 2.23. The van der Waals surface area contributed by atoms with E-state index in [1.165, 1.54) is 4.57 Å². The fourth-order valence-electron chi connectivity index (χ4n) is 3.17. The Morgan fingerprint density at radius 3 is 2.36 bits per heavy atom. The van der Waals surface area contributed by atoms with Crippen LogP contribution in [0.25, 0.3) is 10.9 Å². The monoisotopic (exact) mass is 388 g/mol. The first-order valence-corrected chi connectivity index (χ1v) is 9.98. The summed E-state index contributed by atoms with van der Waals surface area (Å²) in [5.41, 5.74) is 1.10. The van der Waals surface area contributed by atoms with Crippen LogP contribution in [0, 0.1) is 0 Å². The molecule has 154 valence electrons. The maximum Gasteiger partial charge on any atom is 0.419 e. The van der Waals surface area contributed by atoms with Crippen molar-refractivity contribution in [2.45, 2.75) is 60.0 Å². The number of fused-ring (bicyclic) bond motifs is 1. The Morgan fingerprint density at radius 2 is 1.79 bits per heavy atom. The van der Waals surface area contributed by atoms with Crippen molar-refractivity contribution in [3.05, 3.63) is 30.0 Å². The van der Waals surface area contributed by atoms with E-state index in [1.54, 1.807) is 11.0 Å². The van der Waals surface area contributed by atoms with Crippen LogP contribution in [0.1, 0.15) is 53.5 Å². The van der Waals surface area contributed by atoms with Gasteiger partial charge in [0.05, 0.1) is 0 Å². The molecule has 0 fully saturated rings. The molecule has 1 aromatic carbocycles. The van der Waals surface area contributed by atoms with Crippen LogP contribution in [-0.2, 0) is 16.0 Å². The average molecular weight is 389 g/mol. The van der Waals surface area contributed by atoms with Gasteiger partial charge in [-0.05, 0) is 52.7 Å². The molecule has 0 spiro atoms. The minimum Gasteiger partial charge on any atom is -0.482 e. The summed E-state index contributed by atoms with van der Waals surface area (Å²) in [6, 6.07) is 5.65. The molecule has 0 saturated heterocycles. The molecule has 0 aliphatic carbocycles. The van der Waals surface area contributed by atoms with Crippen molar-refractivity contribution in [1.82, 2.24) is 9.47 Å². The Bertz CT molecular complexity index is 829. The maximum absolute atomic E-state index is 12.8. The molecule has 0 unspecified atom stereocenters. The van der Waals surface area contributed by atoms with Gasteiger partial charge in [0.25, 0.3) is 5.91 Å². The van der Waals surface area contributed by atoms with Crippen LogP contribution in [-0.4, -0.2) is 46.8 Å². The van der Waals surface area contributed by atoms with Crippen LogP contribution in [0.5, 0.6) is 5.75 Å². The highest BCUT2D eigenvalue weighted by atomic mass is 16.6. The average Bonchev–Trinajstić information content (AvgIpc) is 2.99. The molecule has 0 atom stereocenters. The first-order chi connectivity index (χ1) is 13.2. The first kappa shape index (κ1) is 21.8. The van der Waals surface area contributed by atoms with Gasteiger partial charge < -0.3 is 14.4 Å². The SMILES string of the molecule is CCCc1cn(C(=O)OC(C)(C)C)c2c(OCC(=O)N(CC)CC)cccc12. The molecule has 2 aromatic rings. The third-order valence-corrected chi connectivity index (χ3v) is 4.45. The van der Waals surface area contributed by atoms with Gasteiger partial charge in [0.2, 0.25) is 0 Å². The second kappa shape index (κ2) is 9.13. The zero-order valence-electron chi connectivity index (χ0n) is 17.9. The summed E-state index contributed by atoms with van der Waals surface area (Å²) < 4.78 is 12.9. The van der Waals surface area contributed by atoms with E-state index in [1.807, 2.05) is 52.9 Å². The molecule has 1 aromatic heterocycles. The number of para-hydroxylation sites is 1. The number of aromatic nitrogens is 1. The number of hydrogen-bond acceptors (Lipinski definition) is 4. The highest BCUT2D eigenvalue weighted by Crippen LogP contribution is 2.31. The van der Waals surface area contributed by atoms with Crippen molar-refractivity contribution in [1.29, 1.82) is 0 Å². The van der Waals surface area contributed by atoms with Gasteiger partial charge in [-0.1, -0.05) is 25.5 Å². The first-order valence-electron chi connectivity index (χ1n) is 9.98. The Balaban J connectivity index is 2.43. The van der Waals surface area contributed by atoms with E-state index in [0.29, 0.717) is 24.4 Å². The predicted octanol–water partition coefficient (Wildman–Crippen LogP) is 4.62. The van der Waals surface area contributed by atoms with Gasteiger partial charge in [-0.15, -0.1) is 0 Å². The lowest BCUT2D eigenvalue weighted by Gasteiger charge is -2.21. The largest absolute Gasteiger partial charge is 0.482 e. The number of likely N-dealkylation sites (N-methyl/N-ethyl adjacent to an activating group) is 1. The van der Waals surface area contributed by atoms with Gasteiger partial charge in [-0.25, -0.2) is 9.36 Å². The lowest BCUT2D eigenvalue weighted by atomic mass is 10.1. The third kappa shape index (κ3) is 5.06. The van der Waals surface area contributed by atoms with E-state index in [0.717, 1.165) is 23.8 Å². The minimum absolute atomic E-state index is 0.0661. The molecule has 6 heteroatoms. The zero-order chi connectivity index (χ0) is 20.9. The lowest BCUT2D eigenvalue weighted by molar-refractivity contribution is -0.132. The van der Waals surface area contributed by atoms with Gasteiger partial charge in [0.1, 0.15) is 16.9 Å². The molecular weight excluding hydrogens is 356 g/mol. The Labute approximate surface area is 167 Å². The van der Waals surface area contributed by atoms with E-state index >= 15 is 0 Å². The number of hydrogen-bond donors (Lipinski definition) is 0. The molecule has 6 nitrogen and oxygen atoms in total. The Hall–Kier alpha value is -2.50. The second-order valence-electron chi connectivity index (χ2n) is 7.76. The van der Waals surface area contributed by atoms with Gasteiger partial charge in [-0.3, -0.25) is 4.79 Å². The highest BCUT2D eigenvalue weighted by molar-refractivity contribution is 5.96. The van der Waals surface area contributed by atoms with Crippen molar-refractivity contribution < 1.29 is 19.1 Å². The van der Waals surface area contributed by atoms with Gasteiger partial charge >= 0.3 is 6.09 Å². The molecular formula is C22H32N2O4. The number of aryl methyl sites for hydroxylation is 1. The minimum atomic E-state index is -0.604. The van der Waals surface area contributed by atoms with Crippen molar-refractivity contribution >= 4 is 22.9 Å². The van der Waals surface area contributed by atoms with E-state index < -0.39 is 11.7 Å². The number of nitrogens with zero attached hydrogens (tertiary/aromatic N) is 2. The second-order valence-corrected chi connectivity index (χ2v) is 7.76. The number of ether oxygens (including phenoxy) is 2. The summed E-state index contributed by atoms with van der Waals surface area (Å²) in [4.78, 5) is 26.8. The Kier molecular flexibility index (Phi) is 7.11. The van der Waals surface area contributed by atoms with Crippen LogP contribution < -0.4 is 4.74 Å². The van der Waals surface area contributed by atoms with Crippen molar-refractivity contribution in [3.63, 3.8) is 0 Å². The summed E-state index contributed by atoms with van der Waals surface area (Å²) in [5, 5.41) is 0.945. The normalized spacial score (nSPS) is 11.5. The fourth-order valence-corrected chi connectivity index (χ4v) is 3.17. The summed E-state index contributed by atoms with van der Waals surface area (Å²) in [6.45, 7) is 12.7. The van der Waals surface area contributed by atoms with Crippen LogP contribution in [0.15, 0.2) is 24.4 Å². The van der Waals surface area contributed by atoms with E-state index in [9.17, 15) is 9.59 Å². The number of amides is 1. The Morgan fingerprint density at radius 1 is 1.11 bits per heavy atom. The smallest absolute Gasteiger partial charge is 0.419 e. The molecule has 1 amide bonds. The van der Waals surface area contributed by atoms with Crippen molar-refractivity contribution in [2.24, 2.45) is 0 Å². The number of carbonyl (C=O) groups excluding carboxylic acids is 2. The van der Waals surface area contributed by atoms with E-state index in [4.69, 9.17) is 9.47 Å². The number of rotatable bonds is 7. The van der Waals surface area contributed by atoms with Gasteiger partial charge in [0.15, 0.2) is 6.61 Å². The van der Waals surface area contributed by atoms with E-state index in [2.05, 4.69) is 6.92 Å². The molecule has 0 N–H and O–H groups in total. The zero-order valence-corrected chi connectivity index (χ0v) is 17.9. The molecule has 0 aliphatic rings. The summed E-state index contributed by atoms with van der Waals surface area (Å²) in [5.74, 6) is 0.428. The van der Waals surface area contributed by atoms with Crippen LogP contribution in [0.3, 0.4) is 0 Å². The topological polar surface area (TPSA) is 60.8 Å². The molecule has 0 saturated carbocycles. The number of benzene rings is 1. The molecule has 2 rings (SSSR count). The van der Waals surface area contributed by atoms with Crippen LogP contribution >= 0.6 is 0 Å². The lowest BCUT2D eigenvalue weighted by Crippen LogP contribution is -2.34. The molecule has 1 heterocycles. The van der Waals surface area contributed by atoms with Crippen LogP contribution in [0.2, 0.25) is 0 Å². The molecule has 28 heavy (non-hydrogen) atoms. The summed E-state index contributed by atoms with van der Waals surface area (Å²) in [6.07, 6.45) is 3.17. The fraction of sp³-hybridized carbons (Fsp3) is 0.545. The molecule has 0 bridgehead atoms. The standard InChI is InChI=1S/C22H32N2O4/c1-7-11-16-14-24(21(26)28-22(4,5)6)20-17(16)12-10-13-18(20)27-15-19(25)23(8-2)9-3/h10,12-14H,7-9,11,15H2,1-6H3. The van der Waals surface area contributed by atoms with Crippen molar-refractivity contribution in [2.75, 3.05) is 19.7 Å².